The van der Waals surface area contributed by atoms with Crippen molar-refractivity contribution in [2.24, 2.45) is 11.8 Å². The Labute approximate surface area is 158 Å². The lowest BCUT2D eigenvalue weighted by Gasteiger charge is -2.60. The summed E-state index contributed by atoms with van der Waals surface area (Å²) in [5.74, 6) is -0.872. The topological polar surface area (TPSA) is 75.7 Å². The lowest BCUT2D eigenvalue weighted by Crippen LogP contribution is -2.69. The van der Waals surface area contributed by atoms with E-state index in [4.69, 9.17) is 14.2 Å². The van der Waals surface area contributed by atoms with Gasteiger partial charge in [-0.2, -0.15) is 0 Å². The first-order valence-corrected chi connectivity index (χ1v) is 9.65. The van der Waals surface area contributed by atoms with Crippen LogP contribution in [0.15, 0.2) is 42.6 Å². The number of rotatable bonds is 5. The van der Waals surface area contributed by atoms with Crippen LogP contribution in [0.5, 0.6) is 0 Å². The van der Waals surface area contributed by atoms with Crippen molar-refractivity contribution in [2.75, 3.05) is 13.7 Å². The fourth-order valence-electron chi connectivity index (χ4n) is 5.18. The van der Waals surface area contributed by atoms with Gasteiger partial charge in [-0.15, -0.1) is 0 Å². The van der Waals surface area contributed by atoms with Crippen molar-refractivity contribution in [3.8, 4) is 0 Å². The molecule has 1 aliphatic carbocycles. The third-order valence-corrected chi connectivity index (χ3v) is 6.51. The molecular formula is C21H26N2O4. The Morgan fingerprint density at radius 1 is 1.41 bits per heavy atom. The third-order valence-electron chi connectivity index (χ3n) is 6.51. The highest BCUT2D eigenvalue weighted by atomic mass is 16.8. The Morgan fingerprint density at radius 2 is 2.26 bits per heavy atom. The second-order valence-electron chi connectivity index (χ2n) is 7.90. The number of nitrogens with one attached hydrogen (secondary N) is 2. The molecule has 4 heterocycles. The molecule has 2 aromatic rings. The zero-order valence-electron chi connectivity index (χ0n) is 15.5. The molecule has 3 N–H and O–H groups in total. The van der Waals surface area contributed by atoms with Gasteiger partial charge in [-0.25, -0.2) is 0 Å². The number of aromatic nitrogens is 1. The van der Waals surface area contributed by atoms with Crippen molar-refractivity contribution in [2.45, 2.75) is 43.7 Å². The number of methoxy groups -OCH3 is 1. The monoisotopic (exact) mass is 370 g/mol. The van der Waals surface area contributed by atoms with E-state index in [0.29, 0.717) is 6.42 Å². The van der Waals surface area contributed by atoms with Crippen LogP contribution in [0, 0.1) is 11.8 Å². The highest BCUT2D eigenvalue weighted by molar-refractivity contribution is 5.83. The lowest BCUT2D eigenvalue weighted by molar-refractivity contribution is -0.442. The highest BCUT2D eigenvalue weighted by Gasteiger charge is 2.63. The van der Waals surface area contributed by atoms with E-state index in [-0.39, 0.29) is 17.9 Å². The number of H-pyrrole nitrogens is 1. The molecule has 6 atom stereocenters. The van der Waals surface area contributed by atoms with Crippen molar-refractivity contribution < 1.29 is 19.3 Å². The van der Waals surface area contributed by atoms with Crippen molar-refractivity contribution >= 4 is 10.9 Å². The predicted molar refractivity (Wildman–Crippen MR) is 101 cm³/mol. The van der Waals surface area contributed by atoms with Gasteiger partial charge in [0.1, 0.15) is 0 Å². The van der Waals surface area contributed by atoms with Crippen molar-refractivity contribution in [1.29, 1.82) is 0 Å². The molecule has 1 aromatic heterocycles. The highest BCUT2D eigenvalue weighted by Crippen LogP contribution is 2.55. The van der Waals surface area contributed by atoms with E-state index in [0.717, 1.165) is 25.0 Å². The standard InChI is InChI=1S/C21H26N2O4/c1-12-16-9-14(10-21(25-2)18(16)19(24)26-20(12)27-21)22-8-7-13-11-23-17-6-4-3-5-15(13)17/h3-6,11,14,16,18-20,22-24H,1,7-10H2,2H3/t14?,16?,18?,19-,20?,21?/m1/s1. The second kappa shape index (κ2) is 6.43. The quantitative estimate of drug-likeness (QED) is 0.704. The van der Waals surface area contributed by atoms with Crippen LogP contribution in [0.1, 0.15) is 18.4 Å². The number of hydrogen-bond donors (Lipinski definition) is 3. The summed E-state index contributed by atoms with van der Waals surface area (Å²) in [6.45, 7) is 5.03. The smallest absolute Gasteiger partial charge is 0.186 e. The van der Waals surface area contributed by atoms with Crippen LogP contribution >= 0.6 is 0 Å². The summed E-state index contributed by atoms with van der Waals surface area (Å²) >= 11 is 0. The molecule has 4 bridgehead atoms. The molecule has 6 rings (SSSR count). The molecule has 3 saturated heterocycles. The number of ether oxygens (including phenoxy) is 3. The first kappa shape index (κ1) is 17.4. The Bertz CT molecular complexity index is 865. The molecule has 144 valence electrons. The van der Waals surface area contributed by atoms with E-state index in [2.05, 4.69) is 41.3 Å². The fourth-order valence-corrected chi connectivity index (χ4v) is 5.18. The van der Waals surface area contributed by atoms with Gasteiger partial charge in [0, 0.05) is 36.7 Å². The van der Waals surface area contributed by atoms with Gasteiger partial charge in [-0.05, 0) is 42.5 Å². The Morgan fingerprint density at radius 3 is 3.11 bits per heavy atom. The fraction of sp³-hybridized carbons (Fsp3) is 0.524. The summed E-state index contributed by atoms with van der Waals surface area (Å²) < 4.78 is 17.4. The maximum atomic E-state index is 10.4. The Kier molecular flexibility index (Phi) is 4.14. The Hall–Kier alpha value is -1.70. The molecule has 3 aliphatic heterocycles. The van der Waals surface area contributed by atoms with Gasteiger partial charge < -0.3 is 29.6 Å². The van der Waals surface area contributed by atoms with Gasteiger partial charge in [0.05, 0.1) is 5.92 Å². The molecule has 6 nitrogen and oxygen atoms in total. The molecule has 1 saturated carbocycles. The average molecular weight is 370 g/mol. The van der Waals surface area contributed by atoms with E-state index in [1.807, 2.05) is 6.07 Å². The predicted octanol–water partition coefficient (Wildman–Crippen LogP) is 2.30. The zero-order valence-corrected chi connectivity index (χ0v) is 15.5. The lowest BCUT2D eigenvalue weighted by atomic mass is 9.66. The van der Waals surface area contributed by atoms with E-state index < -0.39 is 18.4 Å². The number of fused-ring (bicyclic) bond motifs is 2. The summed E-state index contributed by atoms with van der Waals surface area (Å²) in [7, 11) is 1.65. The number of aliphatic hydroxyl groups excluding tert-OH is 1. The third kappa shape index (κ3) is 2.67. The van der Waals surface area contributed by atoms with Crippen LogP contribution in [-0.2, 0) is 20.6 Å². The summed E-state index contributed by atoms with van der Waals surface area (Å²) in [6.07, 6.45) is 3.24. The van der Waals surface area contributed by atoms with Crippen LogP contribution in [0.2, 0.25) is 0 Å². The zero-order chi connectivity index (χ0) is 18.6. The molecular weight excluding hydrogens is 344 g/mol. The number of aliphatic hydroxyl groups is 1. The summed E-state index contributed by atoms with van der Waals surface area (Å²) in [6, 6.07) is 8.62. The van der Waals surface area contributed by atoms with Gasteiger partial charge >= 0.3 is 0 Å². The van der Waals surface area contributed by atoms with Crippen LogP contribution in [-0.4, -0.2) is 48.2 Å². The van der Waals surface area contributed by atoms with Crippen molar-refractivity contribution in [3.05, 3.63) is 48.2 Å². The summed E-state index contributed by atoms with van der Waals surface area (Å²) in [5.41, 5.74) is 3.41. The summed E-state index contributed by atoms with van der Waals surface area (Å²) in [4.78, 5) is 3.33. The van der Waals surface area contributed by atoms with E-state index in [1.165, 1.54) is 16.5 Å². The number of aromatic amines is 1. The van der Waals surface area contributed by atoms with Crippen LogP contribution in [0.4, 0.5) is 0 Å². The van der Waals surface area contributed by atoms with E-state index in [1.54, 1.807) is 7.11 Å². The minimum atomic E-state index is -0.855. The molecule has 4 aliphatic rings. The maximum Gasteiger partial charge on any atom is 0.186 e. The molecule has 0 radical (unpaired) electrons. The minimum absolute atomic E-state index is 0.145. The SMILES string of the molecule is C=C1C2O[C@@H](O)C3C1CC(NCCc1c[nH]c4ccccc14)CC3(OC)O2. The van der Waals surface area contributed by atoms with Crippen LogP contribution in [0.25, 0.3) is 10.9 Å². The first-order valence-electron chi connectivity index (χ1n) is 9.65. The summed E-state index contributed by atoms with van der Waals surface area (Å²) in [5, 5.41) is 15.3. The number of hydrogen-bond acceptors (Lipinski definition) is 5. The average Bonchev–Trinajstić information content (AvgIpc) is 3.08. The van der Waals surface area contributed by atoms with Gasteiger partial charge in [0.2, 0.25) is 0 Å². The van der Waals surface area contributed by atoms with E-state index >= 15 is 0 Å². The maximum absolute atomic E-state index is 10.4. The number of para-hydroxylation sites is 1. The molecule has 5 unspecified atom stereocenters. The van der Waals surface area contributed by atoms with Crippen molar-refractivity contribution in [3.63, 3.8) is 0 Å². The van der Waals surface area contributed by atoms with Gasteiger partial charge in [-0.1, -0.05) is 24.8 Å². The van der Waals surface area contributed by atoms with Gasteiger partial charge in [-0.3, -0.25) is 0 Å². The van der Waals surface area contributed by atoms with Crippen LogP contribution in [0.3, 0.4) is 0 Å². The van der Waals surface area contributed by atoms with Crippen LogP contribution < -0.4 is 5.32 Å². The molecule has 4 fully saturated rings. The Balaban J connectivity index is 1.28. The van der Waals surface area contributed by atoms with Gasteiger partial charge in [0.25, 0.3) is 0 Å². The van der Waals surface area contributed by atoms with E-state index in [9.17, 15) is 5.11 Å². The second-order valence-corrected chi connectivity index (χ2v) is 7.90. The molecule has 6 heteroatoms. The normalized spacial score (nSPS) is 37.9. The van der Waals surface area contributed by atoms with Crippen molar-refractivity contribution in [1.82, 2.24) is 10.3 Å². The van der Waals surface area contributed by atoms with Gasteiger partial charge in [0.15, 0.2) is 18.4 Å². The number of benzene rings is 1. The minimum Gasteiger partial charge on any atom is -0.367 e. The molecule has 0 amide bonds. The molecule has 1 aromatic carbocycles. The molecule has 0 spiro atoms. The molecule has 27 heavy (non-hydrogen) atoms. The first-order chi connectivity index (χ1) is 13.1. The largest absolute Gasteiger partial charge is 0.367 e.